The molecule has 21 heavy (non-hydrogen) atoms. The van der Waals surface area contributed by atoms with Crippen molar-refractivity contribution in [3.8, 4) is 0 Å². The standard InChI is InChI=1S/C16H24N4O/c1-10-8-20(9-14(10)19(3)4)11-5-6-12-13(7-11)18-16(21)15(12)17-2/h5-7,10,14-15,17H,8-9H2,1-4H3,(H,18,21). The van der Waals surface area contributed by atoms with Gasteiger partial charge in [0.05, 0.1) is 0 Å². The molecule has 2 aliphatic heterocycles. The van der Waals surface area contributed by atoms with Gasteiger partial charge in [-0.25, -0.2) is 0 Å². The largest absolute Gasteiger partial charge is 0.370 e. The first-order valence-electron chi connectivity index (χ1n) is 7.54. The summed E-state index contributed by atoms with van der Waals surface area (Å²) in [5.41, 5.74) is 3.18. The lowest BCUT2D eigenvalue weighted by Crippen LogP contribution is -2.34. The van der Waals surface area contributed by atoms with E-state index in [1.54, 1.807) is 0 Å². The Bertz CT molecular complexity index is 557. The molecule has 3 rings (SSSR count). The fourth-order valence-corrected chi connectivity index (χ4v) is 3.57. The number of anilines is 2. The third kappa shape index (κ3) is 2.40. The molecule has 2 aliphatic rings. The number of amides is 1. The average molecular weight is 288 g/mol. The first kappa shape index (κ1) is 14.4. The van der Waals surface area contributed by atoms with Crippen molar-refractivity contribution in [2.45, 2.75) is 19.0 Å². The molecule has 3 atom stereocenters. The van der Waals surface area contributed by atoms with Gasteiger partial charge < -0.3 is 20.4 Å². The molecule has 2 N–H and O–H groups in total. The van der Waals surface area contributed by atoms with Crippen LogP contribution in [0.1, 0.15) is 18.5 Å². The molecule has 0 spiro atoms. The van der Waals surface area contributed by atoms with Crippen LogP contribution in [0.15, 0.2) is 18.2 Å². The fraction of sp³-hybridized carbons (Fsp3) is 0.562. The van der Waals surface area contributed by atoms with Crippen LogP contribution in [-0.2, 0) is 4.79 Å². The van der Waals surface area contributed by atoms with E-state index < -0.39 is 0 Å². The van der Waals surface area contributed by atoms with E-state index in [1.165, 1.54) is 5.69 Å². The Morgan fingerprint density at radius 1 is 1.33 bits per heavy atom. The van der Waals surface area contributed by atoms with Crippen LogP contribution in [0.25, 0.3) is 0 Å². The molecule has 1 fully saturated rings. The van der Waals surface area contributed by atoms with Gasteiger partial charge in [-0.05, 0) is 39.2 Å². The first-order chi connectivity index (χ1) is 10.0. The molecule has 5 nitrogen and oxygen atoms in total. The van der Waals surface area contributed by atoms with Gasteiger partial charge in [-0.3, -0.25) is 4.79 Å². The molecule has 1 amide bonds. The van der Waals surface area contributed by atoms with E-state index in [2.05, 4.69) is 59.7 Å². The number of nitrogens with one attached hydrogen (secondary N) is 2. The van der Waals surface area contributed by atoms with E-state index in [1.807, 2.05) is 7.05 Å². The number of fused-ring (bicyclic) bond motifs is 1. The number of nitrogens with zero attached hydrogens (tertiary/aromatic N) is 2. The summed E-state index contributed by atoms with van der Waals surface area (Å²) in [5.74, 6) is 0.679. The Hall–Kier alpha value is -1.59. The van der Waals surface area contributed by atoms with Gasteiger partial charge in [0.2, 0.25) is 5.91 Å². The van der Waals surface area contributed by atoms with Crippen molar-refractivity contribution in [2.24, 2.45) is 5.92 Å². The summed E-state index contributed by atoms with van der Waals surface area (Å²) < 4.78 is 0. The maximum atomic E-state index is 11.9. The number of hydrogen-bond acceptors (Lipinski definition) is 4. The first-order valence-corrected chi connectivity index (χ1v) is 7.54. The third-order valence-electron chi connectivity index (χ3n) is 4.76. The van der Waals surface area contributed by atoms with Crippen LogP contribution in [0.5, 0.6) is 0 Å². The van der Waals surface area contributed by atoms with Crippen LogP contribution < -0.4 is 15.5 Å². The van der Waals surface area contributed by atoms with Crippen molar-refractivity contribution in [1.29, 1.82) is 0 Å². The molecule has 1 saturated heterocycles. The quantitative estimate of drug-likeness (QED) is 0.880. The molecular weight excluding hydrogens is 264 g/mol. The van der Waals surface area contributed by atoms with Crippen molar-refractivity contribution < 1.29 is 4.79 Å². The SMILES string of the molecule is CNC1C(=O)Nc2cc(N3CC(C)C(N(C)C)C3)ccc21. The molecule has 0 radical (unpaired) electrons. The van der Waals surface area contributed by atoms with Gasteiger partial charge in [-0.1, -0.05) is 13.0 Å². The summed E-state index contributed by atoms with van der Waals surface area (Å²) >= 11 is 0. The summed E-state index contributed by atoms with van der Waals surface area (Å²) in [4.78, 5) is 16.6. The van der Waals surface area contributed by atoms with Crippen LogP contribution in [0.2, 0.25) is 0 Å². The van der Waals surface area contributed by atoms with Gasteiger partial charge in [0.25, 0.3) is 0 Å². The number of hydrogen-bond donors (Lipinski definition) is 2. The lowest BCUT2D eigenvalue weighted by Gasteiger charge is -2.23. The van der Waals surface area contributed by atoms with Crippen molar-refractivity contribution in [1.82, 2.24) is 10.2 Å². The average Bonchev–Trinajstić information content (AvgIpc) is 2.97. The maximum absolute atomic E-state index is 11.9. The van der Waals surface area contributed by atoms with Gasteiger partial charge in [0.1, 0.15) is 6.04 Å². The van der Waals surface area contributed by atoms with E-state index in [-0.39, 0.29) is 11.9 Å². The smallest absolute Gasteiger partial charge is 0.246 e. The number of likely N-dealkylation sites (N-methyl/N-ethyl adjacent to an activating group) is 2. The van der Waals surface area contributed by atoms with E-state index in [0.29, 0.717) is 12.0 Å². The predicted molar refractivity (Wildman–Crippen MR) is 85.7 cm³/mol. The molecule has 1 aromatic carbocycles. The summed E-state index contributed by atoms with van der Waals surface area (Å²) in [6.07, 6.45) is 0. The van der Waals surface area contributed by atoms with E-state index in [0.717, 1.165) is 24.3 Å². The van der Waals surface area contributed by atoms with E-state index in [4.69, 9.17) is 0 Å². The van der Waals surface area contributed by atoms with Crippen LogP contribution >= 0.6 is 0 Å². The minimum absolute atomic E-state index is 0.0330. The van der Waals surface area contributed by atoms with Crippen molar-refractivity contribution in [3.63, 3.8) is 0 Å². The summed E-state index contributed by atoms with van der Waals surface area (Å²) in [6, 6.07) is 6.67. The van der Waals surface area contributed by atoms with Gasteiger partial charge in [-0.2, -0.15) is 0 Å². The molecule has 0 aromatic heterocycles. The topological polar surface area (TPSA) is 47.6 Å². The second-order valence-electron chi connectivity index (χ2n) is 6.40. The third-order valence-corrected chi connectivity index (χ3v) is 4.76. The van der Waals surface area contributed by atoms with Crippen molar-refractivity contribution >= 4 is 17.3 Å². The second-order valence-corrected chi connectivity index (χ2v) is 6.40. The van der Waals surface area contributed by atoms with Gasteiger partial charge in [-0.15, -0.1) is 0 Å². The molecular formula is C16H24N4O. The zero-order valence-electron chi connectivity index (χ0n) is 13.2. The van der Waals surface area contributed by atoms with Crippen molar-refractivity contribution in [2.75, 3.05) is 44.4 Å². The van der Waals surface area contributed by atoms with E-state index >= 15 is 0 Å². The minimum Gasteiger partial charge on any atom is -0.370 e. The molecule has 2 heterocycles. The highest BCUT2D eigenvalue weighted by molar-refractivity contribution is 6.03. The summed E-state index contributed by atoms with van der Waals surface area (Å²) in [5, 5.41) is 6.02. The van der Waals surface area contributed by atoms with Gasteiger partial charge >= 0.3 is 0 Å². The Morgan fingerprint density at radius 2 is 2.10 bits per heavy atom. The normalized spacial score (nSPS) is 28.1. The fourth-order valence-electron chi connectivity index (χ4n) is 3.57. The van der Waals surface area contributed by atoms with Crippen molar-refractivity contribution in [3.05, 3.63) is 23.8 Å². The predicted octanol–water partition coefficient (Wildman–Crippen LogP) is 1.29. The lowest BCUT2D eigenvalue weighted by atomic mass is 10.1. The number of rotatable bonds is 3. The molecule has 0 bridgehead atoms. The highest BCUT2D eigenvalue weighted by Gasteiger charge is 2.33. The molecule has 5 heteroatoms. The van der Waals surface area contributed by atoms with E-state index in [9.17, 15) is 4.79 Å². The summed E-state index contributed by atoms with van der Waals surface area (Å²) in [7, 11) is 6.10. The summed E-state index contributed by atoms with van der Waals surface area (Å²) in [6.45, 7) is 4.40. The molecule has 3 unspecified atom stereocenters. The lowest BCUT2D eigenvalue weighted by molar-refractivity contribution is -0.117. The Kier molecular flexibility index (Phi) is 3.63. The number of benzene rings is 1. The molecule has 0 saturated carbocycles. The molecule has 1 aromatic rings. The van der Waals surface area contributed by atoms with Crippen LogP contribution in [0.3, 0.4) is 0 Å². The Morgan fingerprint density at radius 3 is 2.71 bits per heavy atom. The highest BCUT2D eigenvalue weighted by atomic mass is 16.2. The monoisotopic (exact) mass is 288 g/mol. The Balaban J connectivity index is 1.83. The zero-order valence-corrected chi connectivity index (χ0v) is 13.2. The molecule has 114 valence electrons. The maximum Gasteiger partial charge on any atom is 0.246 e. The van der Waals surface area contributed by atoms with Gasteiger partial charge in [0, 0.05) is 36.1 Å². The molecule has 0 aliphatic carbocycles. The van der Waals surface area contributed by atoms with Crippen LogP contribution in [-0.4, -0.2) is 51.1 Å². The minimum atomic E-state index is -0.221. The van der Waals surface area contributed by atoms with Crippen LogP contribution in [0.4, 0.5) is 11.4 Å². The number of carbonyl (C=O) groups is 1. The van der Waals surface area contributed by atoms with Crippen LogP contribution in [0, 0.1) is 5.92 Å². The second kappa shape index (κ2) is 5.31. The number of carbonyl (C=O) groups excluding carboxylic acids is 1. The zero-order chi connectivity index (χ0) is 15.1. The van der Waals surface area contributed by atoms with Gasteiger partial charge in [0.15, 0.2) is 0 Å². The Labute approximate surface area is 126 Å². The highest BCUT2D eigenvalue weighted by Crippen LogP contribution is 2.35.